The molecule has 1 aromatic carbocycles. The number of carbonyl (C=O) groups is 1. The summed E-state index contributed by atoms with van der Waals surface area (Å²) in [4.78, 5) is 24.3. The van der Waals surface area contributed by atoms with Gasteiger partial charge in [0, 0.05) is 17.4 Å². The molecule has 1 aromatic heterocycles. The fourth-order valence-corrected chi connectivity index (χ4v) is 3.81. The minimum absolute atomic E-state index is 0.254. The first-order valence-corrected chi connectivity index (χ1v) is 11.0. The highest BCUT2D eigenvalue weighted by Crippen LogP contribution is 2.49. The first-order chi connectivity index (χ1) is 14.9. The van der Waals surface area contributed by atoms with Gasteiger partial charge in [0.15, 0.2) is 0 Å². The van der Waals surface area contributed by atoms with E-state index in [9.17, 15) is 9.18 Å². The number of hydrogen-bond acceptors (Lipinski definition) is 5. The van der Waals surface area contributed by atoms with Gasteiger partial charge in [-0.3, -0.25) is 9.79 Å². The summed E-state index contributed by atoms with van der Waals surface area (Å²) in [5.74, 6) is -0.417. The summed E-state index contributed by atoms with van der Waals surface area (Å²) in [6.45, 7) is 12.7. The van der Waals surface area contributed by atoms with Gasteiger partial charge in [0.05, 0.1) is 5.54 Å². The number of nitrogens with two attached hydrogens (primary N) is 1. The minimum atomic E-state index is -0.617. The largest absolute Gasteiger partial charge is 0.331 e. The third-order valence-corrected chi connectivity index (χ3v) is 5.07. The normalized spacial score (nSPS) is 19.4. The smallest absolute Gasteiger partial charge is 0.274 e. The Morgan fingerprint density at radius 2 is 2.00 bits per heavy atom. The molecule has 2 aromatic rings. The lowest BCUT2D eigenvalue weighted by Crippen LogP contribution is -2.29. The van der Waals surface area contributed by atoms with Crippen molar-refractivity contribution in [3.8, 4) is 0 Å². The number of rotatable bonds is 5. The Labute approximate surface area is 185 Å². The molecule has 1 amide bonds. The van der Waals surface area contributed by atoms with Gasteiger partial charge in [-0.1, -0.05) is 47.0 Å². The molecule has 170 valence electrons. The van der Waals surface area contributed by atoms with E-state index in [1.165, 1.54) is 31.1 Å². The van der Waals surface area contributed by atoms with Gasteiger partial charge in [0.25, 0.3) is 5.91 Å². The second-order valence-corrected chi connectivity index (χ2v) is 7.44. The number of anilines is 1. The Bertz CT molecular complexity index is 813. The van der Waals surface area contributed by atoms with Crippen LogP contribution >= 0.6 is 0 Å². The highest BCUT2D eigenvalue weighted by Gasteiger charge is 2.44. The Hall–Kier alpha value is -2.67. The third kappa shape index (κ3) is 6.92. The Balaban J connectivity index is 0.000000720. The highest BCUT2D eigenvalue weighted by atomic mass is 19.1. The molecule has 31 heavy (non-hydrogen) atoms. The average molecular weight is 430 g/mol. The zero-order chi connectivity index (χ0) is 23.3. The molecule has 3 rings (SSSR count). The molecule has 0 saturated heterocycles. The first kappa shape index (κ1) is 26.4. The number of hydrogen-bond donors (Lipinski definition) is 2. The molecule has 1 aliphatic carbocycles. The van der Waals surface area contributed by atoms with Gasteiger partial charge < -0.3 is 11.1 Å². The van der Waals surface area contributed by atoms with E-state index in [0.29, 0.717) is 11.3 Å². The second kappa shape index (κ2) is 13.6. The maximum absolute atomic E-state index is 14.6. The topological polar surface area (TPSA) is 93.3 Å². The molecule has 0 bridgehead atoms. The standard InChI is InChI=1S/C19H21FN4O.C3H8.C2H7N/c1-3-13-5-4-9-19(13,21-2)15-11-14(6-7-16(15)20)24-18(25)17-8-10-22-12-23-17;1-3-2;1-2-3/h6-8,10-13H,2-5,9H2,1H3,(H,24,25);3H2,1-2H3;2-3H2,1H3. The van der Waals surface area contributed by atoms with E-state index < -0.39 is 5.54 Å². The van der Waals surface area contributed by atoms with E-state index in [2.05, 4.69) is 47.8 Å². The van der Waals surface area contributed by atoms with Crippen LogP contribution in [0.3, 0.4) is 0 Å². The number of nitrogens with one attached hydrogen (secondary N) is 1. The zero-order valence-electron chi connectivity index (χ0n) is 19.2. The van der Waals surface area contributed by atoms with Gasteiger partial charge >= 0.3 is 0 Å². The van der Waals surface area contributed by atoms with Crippen molar-refractivity contribution in [2.24, 2.45) is 16.6 Å². The SMILES string of the molecule is C=NC1(c2cc(NC(=O)c3ccncn3)ccc2F)CCCC1CC.CCC.CCN. The predicted octanol–water partition coefficient (Wildman–Crippen LogP) is 5.36. The quantitative estimate of drug-likeness (QED) is 0.626. The molecule has 1 saturated carbocycles. The van der Waals surface area contributed by atoms with Gasteiger partial charge in [-0.15, -0.1) is 0 Å². The molecular weight excluding hydrogens is 393 g/mol. The van der Waals surface area contributed by atoms with E-state index >= 15 is 0 Å². The molecule has 1 aliphatic rings. The summed E-state index contributed by atoms with van der Waals surface area (Å²) in [7, 11) is 0. The van der Waals surface area contributed by atoms with E-state index in [1.807, 2.05) is 6.92 Å². The van der Waals surface area contributed by atoms with Crippen molar-refractivity contribution in [2.45, 2.75) is 65.3 Å². The van der Waals surface area contributed by atoms with E-state index in [1.54, 1.807) is 12.1 Å². The molecule has 0 aliphatic heterocycles. The lowest BCUT2D eigenvalue weighted by atomic mass is 9.79. The van der Waals surface area contributed by atoms with Crippen molar-refractivity contribution in [1.29, 1.82) is 0 Å². The molecule has 0 radical (unpaired) electrons. The van der Waals surface area contributed by atoms with Crippen molar-refractivity contribution in [1.82, 2.24) is 9.97 Å². The summed E-state index contributed by atoms with van der Waals surface area (Å²) in [5, 5.41) is 2.77. The summed E-state index contributed by atoms with van der Waals surface area (Å²) < 4.78 is 14.6. The van der Waals surface area contributed by atoms with Gasteiger partial charge in [0.2, 0.25) is 0 Å². The van der Waals surface area contributed by atoms with Crippen LogP contribution < -0.4 is 11.1 Å². The molecule has 1 fully saturated rings. The van der Waals surface area contributed by atoms with Crippen molar-refractivity contribution in [3.63, 3.8) is 0 Å². The lowest BCUT2D eigenvalue weighted by Gasteiger charge is -2.32. The van der Waals surface area contributed by atoms with Crippen LogP contribution in [0.25, 0.3) is 0 Å². The first-order valence-electron chi connectivity index (χ1n) is 11.0. The Morgan fingerprint density at radius 3 is 2.55 bits per heavy atom. The van der Waals surface area contributed by atoms with Crippen LogP contribution in [-0.4, -0.2) is 29.1 Å². The molecule has 7 heteroatoms. The fraction of sp³-hybridized carbons (Fsp3) is 0.500. The van der Waals surface area contributed by atoms with Crippen LogP contribution in [0.5, 0.6) is 0 Å². The van der Waals surface area contributed by atoms with Crippen molar-refractivity contribution in [2.75, 3.05) is 11.9 Å². The molecule has 0 spiro atoms. The van der Waals surface area contributed by atoms with Gasteiger partial charge in [0.1, 0.15) is 17.8 Å². The maximum atomic E-state index is 14.6. The molecule has 3 N–H and O–H groups in total. The monoisotopic (exact) mass is 429 g/mol. The Kier molecular flexibility index (Phi) is 11.6. The fourth-order valence-electron chi connectivity index (χ4n) is 3.81. The van der Waals surface area contributed by atoms with Gasteiger partial charge in [-0.2, -0.15) is 0 Å². The molecular formula is C24H36FN5O. The van der Waals surface area contributed by atoms with E-state index in [-0.39, 0.29) is 23.3 Å². The molecule has 2 unspecified atom stereocenters. The van der Waals surface area contributed by atoms with Gasteiger partial charge in [-0.05, 0) is 56.3 Å². The van der Waals surface area contributed by atoms with Gasteiger partial charge in [-0.25, -0.2) is 14.4 Å². The van der Waals surface area contributed by atoms with Crippen LogP contribution in [0, 0.1) is 11.7 Å². The summed E-state index contributed by atoms with van der Waals surface area (Å²) in [5.41, 5.74) is 5.51. The zero-order valence-corrected chi connectivity index (χ0v) is 19.2. The van der Waals surface area contributed by atoms with Crippen LogP contribution in [0.1, 0.15) is 75.9 Å². The van der Waals surface area contributed by atoms with Crippen LogP contribution in [0.4, 0.5) is 10.1 Å². The Morgan fingerprint density at radius 1 is 1.32 bits per heavy atom. The molecule has 6 nitrogen and oxygen atoms in total. The third-order valence-electron chi connectivity index (χ3n) is 5.07. The van der Waals surface area contributed by atoms with E-state index in [0.717, 1.165) is 32.2 Å². The summed E-state index contributed by atoms with van der Waals surface area (Å²) in [6, 6.07) is 6.13. The number of aliphatic imine (C=N–C) groups is 1. The average Bonchev–Trinajstić information content (AvgIpc) is 3.21. The predicted molar refractivity (Wildman–Crippen MR) is 126 cm³/mol. The number of nitrogens with zero attached hydrogens (tertiary/aromatic N) is 3. The van der Waals surface area contributed by atoms with Crippen molar-refractivity contribution < 1.29 is 9.18 Å². The van der Waals surface area contributed by atoms with Crippen LogP contribution in [-0.2, 0) is 5.54 Å². The molecule has 1 heterocycles. The van der Waals surface area contributed by atoms with Crippen molar-refractivity contribution >= 4 is 18.3 Å². The van der Waals surface area contributed by atoms with Crippen molar-refractivity contribution in [3.05, 3.63) is 53.9 Å². The van der Waals surface area contributed by atoms with Crippen LogP contribution in [0.15, 0.2) is 41.8 Å². The molecule has 2 atom stereocenters. The van der Waals surface area contributed by atoms with E-state index in [4.69, 9.17) is 5.73 Å². The maximum Gasteiger partial charge on any atom is 0.274 e. The van der Waals surface area contributed by atoms with Crippen LogP contribution in [0.2, 0.25) is 0 Å². The number of amides is 1. The minimum Gasteiger partial charge on any atom is -0.331 e. The summed E-state index contributed by atoms with van der Waals surface area (Å²) in [6.07, 6.45) is 7.75. The summed E-state index contributed by atoms with van der Waals surface area (Å²) >= 11 is 0. The number of benzene rings is 1. The number of halogens is 1. The number of carbonyl (C=O) groups excluding carboxylic acids is 1. The highest BCUT2D eigenvalue weighted by molar-refractivity contribution is 6.02. The number of aromatic nitrogens is 2. The lowest BCUT2D eigenvalue weighted by molar-refractivity contribution is 0.102. The second-order valence-electron chi connectivity index (χ2n) is 7.44.